The third-order valence-corrected chi connectivity index (χ3v) is 4.34. The molecular weight excluding hydrogens is 264 g/mol. The fraction of sp³-hybridized carbons (Fsp3) is 0.588. The van der Waals surface area contributed by atoms with Crippen molar-refractivity contribution in [3.8, 4) is 5.75 Å². The minimum Gasteiger partial charge on any atom is -0.483 e. The van der Waals surface area contributed by atoms with E-state index in [9.17, 15) is 4.79 Å². The van der Waals surface area contributed by atoms with Crippen LogP contribution in [-0.4, -0.2) is 36.5 Å². The molecule has 0 spiro atoms. The summed E-state index contributed by atoms with van der Waals surface area (Å²) in [6.07, 6.45) is 2.90. The van der Waals surface area contributed by atoms with E-state index in [-0.39, 0.29) is 18.6 Å². The molecule has 1 amide bonds. The van der Waals surface area contributed by atoms with Crippen molar-refractivity contribution < 1.29 is 9.53 Å². The van der Waals surface area contributed by atoms with Crippen LogP contribution in [0.4, 0.5) is 0 Å². The average Bonchev–Trinajstić information content (AvgIpc) is 2.52. The molecule has 1 aromatic carbocycles. The maximum atomic E-state index is 12.2. The number of hydrogen-bond donors (Lipinski definition) is 1. The molecule has 116 valence electrons. The summed E-state index contributed by atoms with van der Waals surface area (Å²) in [5, 5.41) is 0. The molecule has 0 aliphatic carbocycles. The Morgan fingerprint density at radius 3 is 2.67 bits per heavy atom. The zero-order valence-corrected chi connectivity index (χ0v) is 13.0. The Balaban J connectivity index is 1.83. The molecule has 1 unspecified atom stereocenters. The fourth-order valence-corrected chi connectivity index (χ4v) is 2.84. The highest BCUT2D eigenvalue weighted by atomic mass is 16.5. The van der Waals surface area contributed by atoms with E-state index < -0.39 is 0 Å². The van der Waals surface area contributed by atoms with E-state index in [0.29, 0.717) is 5.92 Å². The second-order valence-electron chi connectivity index (χ2n) is 5.83. The van der Waals surface area contributed by atoms with E-state index in [2.05, 4.69) is 6.92 Å². The van der Waals surface area contributed by atoms with Crippen LogP contribution in [0.15, 0.2) is 24.3 Å². The Morgan fingerprint density at radius 1 is 1.38 bits per heavy atom. The van der Waals surface area contributed by atoms with E-state index in [4.69, 9.17) is 10.5 Å². The van der Waals surface area contributed by atoms with E-state index in [1.807, 2.05) is 36.1 Å². The Labute approximate surface area is 127 Å². The zero-order valence-electron chi connectivity index (χ0n) is 13.0. The molecule has 1 atom stereocenters. The van der Waals surface area contributed by atoms with Crippen LogP contribution in [0.3, 0.4) is 0 Å². The predicted octanol–water partition coefficient (Wildman–Crippen LogP) is 2.21. The predicted molar refractivity (Wildman–Crippen MR) is 84.3 cm³/mol. The zero-order chi connectivity index (χ0) is 15.2. The minimum absolute atomic E-state index is 0.0732. The first kappa shape index (κ1) is 15.8. The highest BCUT2D eigenvalue weighted by Crippen LogP contribution is 2.21. The van der Waals surface area contributed by atoms with Crippen molar-refractivity contribution in [3.05, 3.63) is 29.8 Å². The number of nitrogens with two attached hydrogens (primary N) is 1. The number of amides is 1. The minimum atomic E-state index is 0.0732. The highest BCUT2D eigenvalue weighted by Gasteiger charge is 2.24. The summed E-state index contributed by atoms with van der Waals surface area (Å²) in [6, 6.07) is 8.11. The van der Waals surface area contributed by atoms with Crippen LogP contribution in [0.5, 0.6) is 5.75 Å². The number of aryl methyl sites for hydroxylation is 1. The van der Waals surface area contributed by atoms with Gasteiger partial charge < -0.3 is 15.4 Å². The molecule has 4 nitrogen and oxygen atoms in total. The van der Waals surface area contributed by atoms with Crippen molar-refractivity contribution >= 4 is 5.91 Å². The van der Waals surface area contributed by atoms with Gasteiger partial charge in [0.2, 0.25) is 0 Å². The molecule has 2 rings (SSSR count). The summed E-state index contributed by atoms with van der Waals surface area (Å²) in [7, 11) is 0. The molecule has 4 heteroatoms. The summed E-state index contributed by atoms with van der Waals surface area (Å²) >= 11 is 0. The van der Waals surface area contributed by atoms with Crippen molar-refractivity contribution in [1.82, 2.24) is 4.90 Å². The molecule has 0 bridgehead atoms. The lowest BCUT2D eigenvalue weighted by Gasteiger charge is -2.33. The second kappa shape index (κ2) is 7.46. The van der Waals surface area contributed by atoms with Gasteiger partial charge in [-0.15, -0.1) is 0 Å². The molecule has 1 aromatic rings. The van der Waals surface area contributed by atoms with Crippen molar-refractivity contribution in [3.63, 3.8) is 0 Å². The lowest BCUT2D eigenvalue weighted by atomic mass is 9.91. The van der Waals surface area contributed by atoms with Crippen molar-refractivity contribution in [2.24, 2.45) is 11.7 Å². The third-order valence-electron chi connectivity index (χ3n) is 4.34. The van der Waals surface area contributed by atoms with Gasteiger partial charge in [-0.2, -0.15) is 0 Å². The quantitative estimate of drug-likeness (QED) is 0.904. The van der Waals surface area contributed by atoms with E-state index in [1.165, 1.54) is 0 Å². The van der Waals surface area contributed by atoms with E-state index in [0.717, 1.165) is 43.7 Å². The Hall–Kier alpha value is -1.55. The van der Waals surface area contributed by atoms with Crippen LogP contribution in [0.2, 0.25) is 0 Å². The van der Waals surface area contributed by atoms with Gasteiger partial charge in [-0.3, -0.25) is 4.79 Å². The summed E-state index contributed by atoms with van der Waals surface area (Å²) in [4.78, 5) is 14.1. The molecule has 1 fully saturated rings. The summed E-state index contributed by atoms with van der Waals surface area (Å²) in [5.41, 5.74) is 7.07. The van der Waals surface area contributed by atoms with Gasteiger partial charge in [-0.05, 0) is 43.7 Å². The number of para-hydroxylation sites is 1. The van der Waals surface area contributed by atoms with Crippen molar-refractivity contribution in [1.29, 1.82) is 0 Å². The molecule has 0 aromatic heterocycles. The standard InChI is InChI=1S/C17H26N2O2/c1-3-14-6-4-5-7-16(14)21-12-17(20)19-10-8-15(9-11-19)13(2)18/h4-7,13,15H,3,8-12,18H2,1-2H3. The maximum absolute atomic E-state index is 12.2. The molecule has 0 radical (unpaired) electrons. The number of rotatable bonds is 5. The average molecular weight is 290 g/mol. The Morgan fingerprint density at radius 2 is 2.05 bits per heavy atom. The lowest BCUT2D eigenvalue weighted by Crippen LogP contribution is -2.44. The largest absolute Gasteiger partial charge is 0.483 e. The fourth-order valence-electron chi connectivity index (χ4n) is 2.84. The summed E-state index contributed by atoms with van der Waals surface area (Å²) < 4.78 is 5.70. The summed E-state index contributed by atoms with van der Waals surface area (Å²) in [5.74, 6) is 1.43. The first-order valence-electron chi connectivity index (χ1n) is 7.86. The van der Waals surface area contributed by atoms with Crippen LogP contribution < -0.4 is 10.5 Å². The molecule has 2 N–H and O–H groups in total. The summed E-state index contributed by atoms with van der Waals surface area (Å²) in [6.45, 7) is 5.85. The van der Waals surface area contributed by atoms with Crippen LogP contribution in [0.25, 0.3) is 0 Å². The number of piperidine rings is 1. The molecule has 1 aliphatic heterocycles. The molecule has 1 heterocycles. The normalized spacial score (nSPS) is 17.6. The van der Waals surface area contributed by atoms with Crippen molar-refractivity contribution in [2.75, 3.05) is 19.7 Å². The number of carbonyl (C=O) groups is 1. The Kier molecular flexibility index (Phi) is 5.62. The number of benzene rings is 1. The molecular formula is C17H26N2O2. The van der Waals surface area contributed by atoms with Gasteiger partial charge >= 0.3 is 0 Å². The monoisotopic (exact) mass is 290 g/mol. The van der Waals surface area contributed by atoms with Gasteiger partial charge in [0.05, 0.1) is 0 Å². The third kappa shape index (κ3) is 4.21. The van der Waals surface area contributed by atoms with E-state index in [1.54, 1.807) is 0 Å². The van der Waals surface area contributed by atoms with Crippen LogP contribution >= 0.6 is 0 Å². The number of nitrogens with zero attached hydrogens (tertiary/aromatic N) is 1. The molecule has 0 saturated carbocycles. The number of ether oxygens (including phenoxy) is 1. The van der Waals surface area contributed by atoms with Gasteiger partial charge in [-0.1, -0.05) is 25.1 Å². The number of hydrogen-bond acceptors (Lipinski definition) is 3. The molecule has 21 heavy (non-hydrogen) atoms. The first-order valence-corrected chi connectivity index (χ1v) is 7.86. The lowest BCUT2D eigenvalue weighted by molar-refractivity contribution is -0.134. The number of likely N-dealkylation sites (tertiary alicyclic amines) is 1. The van der Waals surface area contributed by atoms with Gasteiger partial charge in [0, 0.05) is 19.1 Å². The van der Waals surface area contributed by atoms with E-state index >= 15 is 0 Å². The topological polar surface area (TPSA) is 55.6 Å². The molecule has 1 saturated heterocycles. The van der Waals surface area contributed by atoms with Crippen molar-refractivity contribution in [2.45, 2.75) is 39.2 Å². The maximum Gasteiger partial charge on any atom is 0.260 e. The van der Waals surface area contributed by atoms with Gasteiger partial charge in [0.25, 0.3) is 5.91 Å². The van der Waals surface area contributed by atoms with Gasteiger partial charge in [0.15, 0.2) is 6.61 Å². The SMILES string of the molecule is CCc1ccccc1OCC(=O)N1CCC(C(C)N)CC1. The van der Waals surface area contributed by atoms with Crippen LogP contribution in [0, 0.1) is 5.92 Å². The Bertz CT molecular complexity index is 466. The number of carbonyl (C=O) groups excluding carboxylic acids is 1. The van der Waals surface area contributed by atoms with Gasteiger partial charge in [-0.25, -0.2) is 0 Å². The smallest absolute Gasteiger partial charge is 0.260 e. The highest BCUT2D eigenvalue weighted by molar-refractivity contribution is 5.77. The van der Waals surface area contributed by atoms with Crippen LogP contribution in [-0.2, 0) is 11.2 Å². The first-order chi connectivity index (χ1) is 10.1. The molecule has 1 aliphatic rings. The van der Waals surface area contributed by atoms with Crippen LogP contribution in [0.1, 0.15) is 32.3 Å². The van der Waals surface area contributed by atoms with Gasteiger partial charge in [0.1, 0.15) is 5.75 Å². The second-order valence-corrected chi connectivity index (χ2v) is 5.83.